The monoisotopic (exact) mass is 277 g/mol. The summed E-state index contributed by atoms with van der Waals surface area (Å²) < 4.78 is 1.98. The summed E-state index contributed by atoms with van der Waals surface area (Å²) in [6.45, 7) is 1.94. The number of nitrogens with one attached hydrogen (secondary N) is 1. The number of aryl methyl sites for hydroxylation is 1. The van der Waals surface area contributed by atoms with E-state index in [1.54, 1.807) is 11.8 Å². The van der Waals surface area contributed by atoms with Gasteiger partial charge in [0.25, 0.3) is 0 Å². The van der Waals surface area contributed by atoms with E-state index in [1.807, 2.05) is 18.5 Å². The first-order valence-corrected chi connectivity index (χ1v) is 7.81. The summed E-state index contributed by atoms with van der Waals surface area (Å²) >= 11 is 1.64. The minimum Gasteiger partial charge on any atom is -0.309 e. The van der Waals surface area contributed by atoms with Crippen molar-refractivity contribution in [1.82, 2.24) is 20.1 Å². The molecule has 2 fully saturated rings. The molecule has 102 valence electrons. The highest BCUT2D eigenvalue weighted by molar-refractivity contribution is 7.99. The molecule has 0 amide bonds. The average molecular weight is 277 g/mol. The Hall–Kier alpha value is -1.06. The Morgan fingerprint density at radius 2 is 2.16 bits per heavy atom. The van der Waals surface area contributed by atoms with Crippen molar-refractivity contribution in [1.29, 1.82) is 5.26 Å². The highest BCUT2D eigenvalue weighted by Crippen LogP contribution is 2.43. The van der Waals surface area contributed by atoms with Gasteiger partial charge in [-0.05, 0) is 38.5 Å². The first-order chi connectivity index (χ1) is 9.14. The third-order valence-electron chi connectivity index (χ3n) is 3.99. The van der Waals surface area contributed by atoms with E-state index in [-0.39, 0.29) is 5.54 Å². The molecule has 0 aliphatic heterocycles. The number of hydrogen-bond acceptors (Lipinski definition) is 5. The first-order valence-electron chi connectivity index (χ1n) is 6.82. The highest BCUT2D eigenvalue weighted by Gasteiger charge is 2.48. The van der Waals surface area contributed by atoms with E-state index < -0.39 is 0 Å². The number of thioether (sulfide) groups is 1. The normalized spacial score (nSPS) is 21.9. The summed E-state index contributed by atoms with van der Waals surface area (Å²) in [4.78, 5) is 0. The van der Waals surface area contributed by atoms with Crippen LogP contribution in [-0.4, -0.2) is 32.1 Å². The second-order valence-corrected chi connectivity index (χ2v) is 6.60. The fraction of sp³-hybridized carbons (Fsp3) is 0.769. The summed E-state index contributed by atoms with van der Waals surface area (Å²) in [7, 11) is 1.97. The zero-order chi connectivity index (χ0) is 13.5. The van der Waals surface area contributed by atoms with Gasteiger partial charge in [0, 0.05) is 18.8 Å². The maximum atomic E-state index is 9.65. The van der Waals surface area contributed by atoms with E-state index in [0.717, 1.165) is 16.7 Å². The van der Waals surface area contributed by atoms with Crippen molar-refractivity contribution in [2.24, 2.45) is 13.0 Å². The van der Waals surface area contributed by atoms with E-state index in [1.165, 1.54) is 25.7 Å². The molecule has 1 aromatic rings. The molecule has 1 heterocycles. The lowest BCUT2D eigenvalue weighted by molar-refractivity contribution is 0.401. The van der Waals surface area contributed by atoms with Crippen LogP contribution in [0, 0.1) is 24.2 Å². The quantitative estimate of drug-likeness (QED) is 0.801. The minimum absolute atomic E-state index is 0.369. The number of nitriles is 1. The zero-order valence-electron chi connectivity index (χ0n) is 11.4. The van der Waals surface area contributed by atoms with Crippen molar-refractivity contribution in [2.45, 2.75) is 49.3 Å². The summed E-state index contributed by atoms with van der Waals surface area (Å²) in [5.41, 5.74) is -0.369. The van der Waals surface area contributed by atoms with Crippen LogP contribution in [0.3, 0.4) is 0 Å². The predicted molar refractivity (Wildman–Crippen MR) is 73.7 cm³/mol. The maximum absolute atomic E-state index is 9.65. The number of hydrogen-bond donors (Lipinski definition) is 1. The molecule has 0 aromatic carbocycles. The van der Waals surface area contributed by atoms with Gasteiger partial charge in [0.2, 0.25) is 0 Å². The molecule has 6 heteroatoms. The van der Waals surface area contributed by atoms with E-state index in [9.17, 15) is 5.26 Å². The molecule has 0 radical (unpaired) electrons. The molecule has 1 unspecified atom stereocenters. The molecule has 1 atom stereocenters. The molecule has 2 saturated carbocycles. The zero-order valence-corrected chi connectivity index (χ0v) is 12.2. The molecule has 19 heavy (non-hydrogen) atoms. The second kappa shape index (κ2) is 4.80. The number of aromatic nitrogens is 3. The van der Waals surface area contributed by atoms with Gasteiger partial charge in [-0.25, -0.2) is 0 Å². The first kappa shape index (κ1) is 12.9. The average Bonchev–Trinajstić information content (AvgIpc) is 3.29. The van der Waals surface area contributed by atoms with Crippen LogP contribution in [0.5, 0.6) is 0 Å². The Morgan fingerprint density at radius 1 is 1.42 bits per heavy atom. The third kappa shape index (κ3) is 2.63. The fourth-order valence-corrected chi connectivity index (χ4v) is 3.46. The Kier molecular flexibility index (Phi) is 3.27. The fourth-order valence-electron chi connectivity index (χ4n) is 2.29. The lowest BCUT2D eigenvalue weighted by Gasteiger charge is -2.27. The van der Waals surface area contributed by atoms with E-state index in [0.29, 0.717) is 12.0 Å². The Morgan fingerprint density at radius 3 is 2.63 bits per heavy atom. The van der Waals surface area contributed by atoms with Gasteiger partial charge in [-0.3, -0.25) is 5.32 Å². The van der Waals surface area contributed by atoms with Crippen LogP contribution in [0.1, 0.15) is 31.5 Å². The van der Waals surface area contributed by atoms with Crippen LogP contribution in [0.4, 0.5) is 0 Å². The molecule has 0 saturated heterocycles. The topological polar surface area (TPSA) is 66.5 Å². The van der Waals surface area contributed by atoms with Crippen molar-refractivity contribution in [3.05, 3.63) is 5.82 Å². The van der Waals surface area contributed by atoms with Gasteiger partial charge >= 0.3 is 0 Å². The largest absolute Gasteiger partial charge is 0.309 e. The molecule has 5 nitrogen and oxygen atoms in total. The van der Waals surface area contributed by atoms with Gasteiger partial charge in [-0.1, -0.05) is 11.8 Å². The molecule has 1 N–H and O–H groups in total. The molecule has 2 aliphatic rings. The molecule has 0 spiro atoms. The molecular weight excluding hydrogens is 258 g/mol. The van der Waals surface area contributed by atoms with Crippen LogP contribution >= 0.6 is 11.8 Å². The van der Waals surface area contributed by atoms with Crippen molar-refractivity contribution < 1.29 is 0 Å². The molecule has 3 rings (SSSR count). The lowest BCUT2D eigenvalue weighted by atomic mass is 9.97. The smallest absolute Gasteiger partial charge is 0.191 e. The van der Waals surface area contributed by atoms with E-state index in [2.05, 4.69) is 21.6 Å². The standard InChI is InChI=1S/C13H19N5S/c1-9-16-17-12(18(9)2)19-8-13(7-14,10-3-4-10)15-11-5-6-11/h10-11,15H,3-6,8H2,1-2H3. The van der Waals surface area contributed by atoms with Gasteiger partial charge in [-0.15, -0.1) is 10.2 Å². The minimum atomic E-state index is -0.369. The molecule has 1 aromatic heterocycles. The predicted octanol–water partition coefficient (Wildman–Crippen LogP) is 1.64. The molecule has 2 aliphatic carbocycles. The molecule has 0 bridgehead atoms. The third-order valence-corrected chi connectivity index (χ3v) is 5.21. The summed E-state index contributed by atoms with van der Waals surface area (Å²) in [6, 6.07) is 3.11. The van der Waals surface area contributed by atoms with Crippen molar-refractivity contribution in [3.63, 3.8) is 0 Å². The summed E-state index contributed by atoms with van der Waals surface area (Å²) in [5, 5.41) is 22.4. The van der Waals surface area contributed by atoms with Crippen LogP contribution in [0.25, 0.3) is 0 Å². The summed E-state index contributed by atoms with van der Waals surface area (Å²) in [6.07, 6.45) is 4.77. The van der Waals surface area contributed by atoms with Gasteiger partial charge < -0.3 is 4.57 Å². The van der Waals surface area contributed by atoms with E-state index >= 15 is 0 Å². The maximum Gasteiger partial charge on any atom is 0.191 e. The van der Waals surface area contributed by atoms with Gasteiger partial charge in [0.15, 0.2) is 5.16 Å². The van der Waals surface area contributed by atoms with Crippen molar-refractivity contribution in [3.8, 4) is 6.07 Å². The van der Waals surface area contributed by atoms with Crippen LogP contribution in [-0.2, 0) is 7.05 Å². The van der Waals surface area contributed by atoms with Gasteiger partial charge in [0.1, 0.15) is 11.4 Å². The molecular formula is C13H19N5S. The van der Waals surface area contributed by atoms with Gasteiger partial charge in [0.05, 0.1) is 6.07 Å². The lowest BCUT2D eigenvalue weighted by Crippen LogP contribution is -2.49. The SMILES string of the molecule is Cc1nnc(SCC(C#N)(NC2CC2)C2CC2)n1C. The summed E-state index contributed by atoms with van der Waals surface area (Å²) in [5.74, 6) is 2.18. The highest BCUT2D eigenvalue weighted by atomic mass is 32.2. The van der Waals surface area contributed by atoms with Crippen molar-refractivity contribution >= 4 is 11.8 Å². The van der Waals surface area contributed by atoms with E-state index in [4.69, 9.17) is 0 Å². The number of nitrogens with zero attached hydrogens (tertiary/aromatic N) is 4. The Labute approximate surface area is 117 Å². The Bertz CT molecular complexity index is 512. The van der Waals surface area contributed by atoms with Crippen LogP contribution in [0.2, 0.25) is 0 Å². The van der Waals surface area contributed by atoms with Gasteiger partial charge in [-0.2, -0.15) is 5.26 Å². The number of rotatable bonds is 6. The second-order valence-electron chi connectivity index (χ2n) is 5.65. The Balaban J connectivity index is 1.70. The van der Waals surface area contributed by atoms with Crippen LogP contribution in [0.15, 0.2) is 5.16 Å². The van der Waals surface area contributed by atoms with Crippen LogP contribution < -0.4 is 5.32 Å². The van der Waals surface area contributed by atoms with Crippen molar-refractivity contribution in [2.75, 3.05) is 5.75 Å².